The third kappa shape index (κ3) is 3.38. The summed E-state index contributed by atoms with van der Waals surface area (Å²) >= 11 is 0. The first-order valence-corrected chi connectivity index (χ1v) is 6.56. The van der Waals surface area contributed by atoms with E-state index in [1.54, 1.807) is 16.7 Å². The normalized spacial score (nSPS) is 21.8. The number of rotatable bonds is 3. The van der Waals surface area contributed by atoms with Crippen LogP contribution in [0.1, 0.15) is 13.3 Å². The van der Waals surface area contributed by atoms with E-state index < -0.39 is 11.6 Å². The van der Waals surface area contributed by atoms with Crippen LogP contribution in [0.25, 0.3) is 0 Å². The second-order valence-electron chi connectivity index (χ2n) is 5.36. The lowest BCUT2D eigenvalue weighted by molar-refractivity contribution is -0.160. The number of carbonyl (C=O) groups is 3. The van der Waals surface area contributed by atoms with Gasteiger partial charge in [-0.15, -0.1) is 0 Å². The third-order valence-corrected chi connectivity index (χ3v) is 3.45. The van der Waals surface area contributed by atoms with Gasteiger partial charge in [0.2, 0.25) is 5.91 Å². The molecule has 2 aliphatic heterocycles. The molecule has 0 unspecified atom stereocenters. The molecule has 0 saturated carbocycles. The van der Waals surface area contributed by atoms with Gasteiger partial charge in [0.05, 0.1) is 13.1 Å². The summed E-state index contributed by atoms with van der Waals surface area (Å²) in [5.74, 6) is -1.06. The highest BCUT2D eigenvalue weighted by Crippen LogP contribution is 2.25. The van der Waals surface area contributed by atoms with Gasteiger partial charge in [0.25, 0.3) is 0 Å². The molecule has 0 radical (unpaired) electrons. The predicted molar refractivity (Wildman–Crippen MR) is 68.2 cm³/mol. The molecule has 2 fully saturated rings. The van der Waals surface area contributed by atoms with Crippen molar-refractivity contribution in [2.24, 2.45) is 0 Å². The van der Waals surface area contributed by atoms with E-state index >= 15 is 0 Å². The molecule has 2 rings (SSSR count). The fourth-order valence-electron chi connectivity index (χ4n) is 2.38. The van der Waals surface area contributed by atoms with E-state index in [2.05, 4.69) is 5.32 Å². The number of nitrogens with one attached hydrogen (secondary N) is 1. The van der Waals surface area contributed by atoms with E-state index in [9.17, 15) is 14.4 Å². The maximum Gasteiger partial charge on any atom is 0.329 e. The summed E-state index contributed by atoms with van der Waals surface area (Å²) in [5.41, 5.74) is -0.589. The van der Waals surface area contributed by atoms with Crippen molar-refractivity contribution >= 4 is 17.9 Å². The summed E-state index contributed by atoms with van der Waals surface area (Å²) in [6.07, 6.45) is 0.312. The molecule has 20 heavy (non-hydrogen) atoms. The highest BCUT2D eigenvalue weighted by Gasteiger charge is 2.44. The average Bonchev–Trinajstić information content (AvgIpc) is 2.57. The summed E-state index contributed by atoms with van der Waals surface area (Å²) in [6.45, 7) is 3.54. The number of carboxylic acid groups (broad SMARTS) is 1. The van der Waals surface area contributed by atoms with Crippen molar-refractivity contribution in [3.8, 4) is 0 Å². The van der Waals surface area contributed by atoms with Crippen LogP contribution in [-0.4, -0.2) is 77.7 Å². The molecule has 2 heterocycles. The van der Waals surface area contributed by atoms with Gasteiger partial charge in [-0.3, -0.25) is 4.79 Å². The minimum atomic E-state index is -1.02. The average molecular weight is 285 g/mol. The number of likely N-dealkylation sites (tertiary alicyclic amines) is 1. The number of nitrogens with zero attached hydrogens (tertiary/aromatic N) is 2. The van der Waals surface area contributed by atoms with Crippen LogP contribution in [-0.2, 0) is 14.3 Å². The minimum Gasteiger partial charge on any atom is -0.480 e. The molecule has 0 bridgehead atoms. The molecule has 2 N–H and O–H groups in total. The van der Waals surface area contributed by atoms with Gasteiger partial charge in [-0.1, -0.05) is 0 Å². The summed E-state index contributed by atoms with van der Waals surface area (Å²) in [7, 11) is 0. The number of aliphatic carboxylic acids is 1. The van der Waals surface area contributed by atoms with Gasteiger partial charge < -0.3 is 25.0 Å². The Morgan fingerprint density at radius 1 is 1.35 bits per heavy atom. The third-order valence-electron chi connectivity index (χ3n) is 3.45. The zero-order chi connectivity index (χ0) is 14.8. The lowest BCUT2D eigenvalue weighted by Crippen LogP contribution is -2.65. The van der Waals surface area contributed by atoms with Gasteiger partial charge in [-0.05, 0) is 6.92 Å². The van der Waals surface area contributed by atoms with Crippen molar-refractivity contribution < 1.29 is 24.2 Å². The highest BCUT2D eigenvalue weighted by molar-refractivity contribution is 5.80. The monoisotopic (exact) mass is 285 g/mol. The Bertz CT molecular complexity index is 419. The Morgan fingerprint density at radius 3 is 2.70 bits per heavy atom. The molecule has 112 valence electrons. The second-order valence-corrected chi connectivity index (χ2v) is 5.36. The molecule has 2 aliphatic rings. The van der Waals surface area contributed by atoms with Crippen molar-refractivity contribution in [3.05, 3.63) is 0 Å². The maximum atomic E-state index is 12.2. The number of carbonyl (C=O) groups excluding carboxylic acids is 2. The van der Waals surface area contributed by atoms with Crippen molar-refractivity contribution in [1.29, 1.82) is 0 Å². The largest absolute Gasteiger partial charge is 0.480 e. The number of ether oxygens (including phenoxy) is 1. The van der Waals surface area contributed by atoms with Crippen molar-refractivity contribution in [3.63, 3.8) is 0 Å². The van der Waals surface area contributed by atoms with Crippen molar-refractivity contribution in [2.75, 3.05) is 39.3 Å². The number of hydrogen-bond donors (Lipinski definition) is 2. The summed E-state index contributed by atoms with van der Waals surface area (Å²) in [6, 6.07) is -0.127. The first-order valence-electron chi connectivity index (χ1n) is 6.56. The smallest absolute Gasteiger partial charge is 0.329 e. The number of hydrogen-bond acceptors (Lipinski definition) is 4. The molecule has 8 nitrogen and oxygen atoms in total. The second kappa shape index (κ2) is 5.66. The Kier molecular flexibility index (Phi) is 4.12. The molecule has 2 saturated heterocycles. The van der Waals surface area contributed by atoms with Crippen molar-refractivity contribution in [1.82, 2.24) is 15.1 Å². The minimum absolute atomic E-state index is 0.0430. The van der Waals surface area contributed by atoms with E-state index in [0.717, 1.165) is 0 Å². The number of carboxylic acids is 1. The molecular weight excluding hydrogens is 266 g/mol. The van der Waals surface area contributed by atoms with Gasteiger partial charge in [-0.25, -0.2) is 9.59 Å². The Hall–Kier alpha value is -1.83. The van der Waals surface area contributed by atoms with Gasteiger partial charge in [0, 0.05) is 26.1 Å². The van der Waals surface area contributed by atoms with Crippen molar-refractivity contribution in [2.45, 2.75) is 18.9 Å². The standard InChI is InChI=1S/C12H19N3O5/c1-12(20-6-10(17)18)7-15(8-12)11(19)14-4-2-9(16)13-3-5-14/h2-8H2,1H3,(H,13,16)(H,17,18). The van der Waals surface area contributed by atoms with Crippen LogP contribution >= 0.6 is 0 Å². The lowest BCUT2D eigenvalue weighted by atomic mass is 9.97. The highest BCUT2D eigenvalue weighted by atomic mass is 16.5. The first kappa shape index (κ1) is 14.6. The zero-order valence-corrected chi connectivity index (χ0v) is 11.4. The van der Waals surface area contributed by atoms with E-state index in [1.165, 1.54) is 0 Å². The molecule has 0 spiro atoms. The quantitative estimate of drug-likeness (QED) is 0.700. The van der Waals surface area contributed by atoms with Crippen LogP contribution in [0.2, 0.25) is 0 Å². The Labute approximate surface area is 116 Å². The van der Waals surface area contributed by atoms with Crippen LogP contribution in [0.4, 0.5) is 4.79 Å². The van der Waals surface area contributed by atoms with Gasteiger partial charge in [-0.2, -0.15) is 0 Å². The van der Waals surface area contributed by atoms with Crippen LogP contribution in [0.15, 0.2) is 0 Å². The van der Waals surface area contributed by atoms with Crippen LogP contribution in [0.3, 0.4) is 0 Å². The maximum absolute atomic E-state index is 12.2. The van der Waals surface area contributed by atoms with E-state index in [1.807, 2.05) is 0 Å². The summed E-state index contributed by atoms with van der Waals surface area (Å²) in [5, 5.41) is 11.3. The first-order chi connectivity index (χ1) is 9.39. The lowest BCUT2D eigenvalue weighted by Gasteiger charge is -2.48. The summed E-state index contributed by atoms with van der Waals surface area (Å²) in [4.78, 5) is 37.1. The Morgan fingerprint density at radius 2 is 2.05 bits per heavy atom. The Balaban J connectivity index is 1.81. The molecule has 0 aliphatic carbocycles. The fraction of sp³-hybridized carbons (Fsp3) is 0.750. The zero-order valence-electron chi connectivity index (χ0n) is 11.4. The van der Waals surface area contributed by atoms with Gasteiger partial charge >= 0.3 is 12.0 Å². The molecule has 0 aromatic heterocycles. The topological polar surface area (TPSA) is 99.2 Å². The predicted octanol–water partition coefficient (Wildman–Crippen LogP) is -0.896. The van der Waals surface area contributed by atoms with Gasteiger partial charge in [0.1, 0.15) is 12.2 Å². The molecule has 3 amide bonds. The SMILES string of the molecule is CC1(OCC(=O)O)CN(C(=O)N2CCNC(=O)CC2)C1. The van der Waals surface area contributed by atoms with Gasteiger partial charge in [0.15, 0.2) is 0 Å². The number of amides is 3. The molecule has 0 aromatic carbocycles. The van der Waals surface area contributed by atoms with E-state index in [4.69, 9.17) is 9.84 Å². The van der Waals surface area contributed by atoms with E-state index in [0.29, 0.717) is 39.1 Å². The van der Waals surface area contributed by atoms with Crippen LogP contribution in [0, 0.1) is 0 Å². The molecule has 0 atom stereocenters. The van der Waals surface area contributed by atoms with E-state index in [-0.39, 0.29) is 18.5 Å². The molecule has 0 aromatic rings. The fourth-order valence-corrected chi connectivity index (χ4v) is 2.38. The summed E-state index contributed by atoms with van der Waals surface area (Å²) < 4.78 is 5.26. The molecule has 8 heteroatoms. The van der Waals surface area contributed by atoms with Crippen LogP contribution < -0.4 is 5.32 Å². The van der Waals surface area contributed by atoms with Crippen LogP contribution in [0.5, 0.6) is 0 Å². The molecular formula is C12H19N3O5. The number of urea groups is 1.